The van der Waals surface area contributed by atoms with Crippen molar-refractivity contribution in [2.45, 2.75) is 52.2 Å². The molecule has 0 spiro atoms. The van der Waals surface area contributed by atoms with Gasteiger partial charge >= 0.3 is 0 Å². The fraction of sp³-hybridized carbons (Fsp3) is 0.650. The summed E-state index contributed by atoms with van der Waals surface area (Å²) in [4.78, 5) is 17.1. The number of rotatable bonds is 2. The van der Waals surface area contributed by atoms with E-state index < -0.39 is 0 Å². The molecule has 1 aromatic rings. The molecule has 1 amide bonds. The number of para-hydroxylation sites is 1. The normalized spacial score (nSPS) is 29.8. The first-order valence-corrected chi connectivity index (χ1v) is 9.16. The number of piperidine rings is 2. The highest BCUT2D eigenvalue weighted by Gasteiger charge is 2.41. The molecule has 3 unspecified atom stereocenters. The van der Waals surface area contributed by atoms with Gasteiger partial charge in [0, 0.05) is 18.8 Å². The van der Waals surface area contributed by atoms with E-state index in [1.807, 2.05) is 35.2 Å². The van der Waals surface area contributed by atoms with E-state index in [9.17, 15) is 9.90 Å². The minimum absolute atomic E-state index is 0.0884. The number of carbonyl (C=O) groups excluding carboxylic acids is 1. The van der Waals surface area contributed by atoms with E-state index in [1.165, 1.54) is 0 Å². The van der Waals surface area contributed by atoms with E-state index in [1.54, 1.807) is 0 Å². The van der Waals surface area contributed by atoms with Gasteiger partial charge in [-0.25, -0.2) is 0 Å². The average molecular weight is 330 g/mol. The van der Waals surface area contributed by atoms with Gasteiger partial charge in [-0.05, 0) is 49.3 Å². The van der Waals surface area contributed by atoms with Gasteiger partial charge in [-0.1, -0.05) is 39.0 Å². The van der Waals surface area contributed by atoms with Crippen LogP contribution in [0.15, 0.2) is 30.3 Å². The third kappa shape index (κ3) is 3.50. The molecule has 2 heterocycles. The standard InChI is InChI=1S/C20H30N2O2/c1-20(2,3)16-11-13-21(14-18(16)23)17-10-7-12-22(19(17)24)15-8-5-4-6-9-15/h4-6,8-9,16-18,23H,7,10-14H2,1-3H3. The van der Waals surface area contributed by atoms with Crippen molar-refractivity contribution >= 4 is 11.6 Å². The van der Waals surface area contributed by atoms with Crippen molar-refractivity contribution in [1.29, 1.82) is 0 Å². The van der Waals surface area contributed by atoms with Crippen molar-refractivity contribution in [3.8, 4) is 0 Å². The molecular formula is C20H30N2O2. The molecule has 0 aromatic heterocycles. The van der Waals surface area contributed by atoms with Crippen molar-refractivity contribution < 1.29 is 9.90 Å². The number of anilines is 1. The Morgan fingerprint density at radius 1 is 1.08 bits per heavy atom. The molecule has 4 nitrogen and oxygen atoms in total. The molecule has 2 saturated heterocycles. The Hall–Kier alpha value is -1.39. The predicted molar refractivity (Wildman–Crippen MR) is 97.0 cm³/mol. The van der Waals surface area contributed by atoms with Crippen molar-refractivity contribution in [3.05, 3.63) is 30.3 Å². The maximum absolute atomic E-state index is 13.0. The van der Waals surface area contributed by atoms with Crippen LogP contribution in [-0.4, -0.2) is 47.7 Å². The number of hydrogen-bond donors (Lipinski definition) is 1. The Morgan fingerprint density at radius 3 is 2.42 bits per heavy atom. The average Bonchev–Trinajstić information content (AvgIpc) is 2.54. The van der Waals surface area contributed by atoms with Crippen LogP contribution < -0.4 is 4.90 Å². The second-order valence-electron chi connectivity index (χ2n) is 8.31. The summed E-state index contributed by atoms with van der Waals surface area (Å²) >= 11 is 0. The summed E-state index contributed by atoms with van der Waals surface area (Å²) in [6.07, 6.45) is 2.52. The van der Waals surface area contributed by atoms with E-state index >= 15 is 0 Å². The zero-order valence-corrected chi connectivity index (χ0v) is 15.1. The number of nitrogens with zero attached hydrogens (tertiary/aromatic N) is 2. The molecule has 2 fully saturated rings. The molecule has 1 N–H and O–H groups in total. The predicted octanol–water partition coefficient (Wildman–Crippen LogP) is 2.91. The quantitative estimate of drug-likeness (QED) is 0.907. The molecule has 1 aromatic carbocycles. The lowest BCUT2D eigenvalue weighted by Crippen LogP contribution is -2.58. The van der Waals surface area contributed by atoms with Gasteiger partial charge in [0.25, 0.3) is 0 Å². The van der Waals surface area contributed by atoms with Crippen LogP contribution in [0, 0.1) is 11.3 Å². The molecule has 132 valence electrons. The van der Waals surface area contributed by atoms with Crippen LogP contribution >= 0.6 is 0 Å². The Kier molecular flexibility index (Phi) is 4.97. The number of aliphatic hydroxyl groups is 1. The smallest absolute Gasteiger partial charge is 0.244 e. The Labute approximate surface area is 145 Å². The summed E-state index contributed by atoms with van der Waals surface area (Å²) in [5.74, 6) is 0.492. The lowest BCUT2D eigenvalue weighted by molar-refractivity contribution is -0.128. The van der Waals surface area contributed by atoms with Gasteiger partial charge in [0.1, 0.15) is 0 Å². The molecule has 3 atom stereocenters. The van der Waals surface area contributed by atoms with Crippen LogP contribution in [0.2, 0.25) is 0 Å². The van der Waals surface area contributed by atoms with E-state index in [-0.39, 0.29) is 23.5 Å². The van der Waals surface area contributed by atoms with E-state index in [2.05, 4.69) is 25.7 Å². The second-order valence-corrected chi connectivity index (χ2v) is 8.31. The number of carbonyl (C=O) groups is 1. The SMILES string of the molecule is CC(C)(C)C1CCN(C2CCCN(c3ccccc3)C2=O)CC1O. The Bertz CT molecular complexity index is 567. The van der Waals surface area contributed by atoms with Crippen LogP contribution in [0.25, 0.3) is 0 Å². The van der Waals surface area contributed by atoms with Gasteiger partial charge in [-0.3, -0.25) is 9.69 Å². The van der Waals surface area contributed by atoms with Crippen LogP contribution in [0.5, 0.6) is 0 Å². The second kappa shape index (κ2) is 6.85. The molecule has 4 heteroatoms. The number of amides is 1. The molecule has 2 aliphatic rings. The van der Waals surface area contributed by atoms with E-state index in [0.717, 1.165) is 38.0 Å². The van der Waals surface area contributed by atoms with Gasteiger partial charge in [-0.2, -0.15) is 0 Å². The largest absolute Gasteiger partial charge is 0.391 e. The van der Waals surface area contributed by atoms with Crippen LogP contribution in [0.3, 0.4) is 0 Å². The summed E-state index contributed by atoms with van der Waals surface area (Å²) in [5.41, 5.74) is 1.09. The summed E-state index contributed by atoms with van der Waals surface area (Å²) in [6, 6.07) is 9.84. The number of benzene rings is 1. The Balaban J connectivity index is 1.70. The van der Waals surface area contributed by atoms with Crippen molar-refractivity contribution in [2.75, 3.05) is 24.5 Å². The number of hydrogen-bond acceptors (Lipinski definition) is 3. The number of aliphatic hydroxyl groups excluding tert-OH is 1. The highest BCUT2D eigenvalue weighted by atomic mass is 16.3. The third-order valence-electron chi connectivity index (χ3n) is 5.64. The maximum atomic E-state index is 13.0. The third-order valence-corrected chi connectivity index (χ3v) is 5.64. The fourth-order valence-corrected chi connectivity index (χ4v) is 4.31. The van der Waals surface area contributed by atoms with Gasteiger partial charge in [0.2, 0.25) is 5.91 Å². The zero-order chi connectivity index (χ0) is 17.3. The van der Waals surface area contributed by atoms with Gasteiger partial charge in [0.05, 0.1) is 12.1 Å². The highest BCUT2D eigenvalue weighted by molar-refractivity contribution is 5.97. The zero-order valence-electron chi connectivity index (χ0n) is 15.1. The summed E-state index contributed by atoms with van der Waals surface area (Å²) in [6.45, 7) is 8.89. The van der Waals surface area contributed by atoms with Crippen LogP contribution in [0.1, 0.15) is 40.0 Å². The first kappa shape index (κ1) is 17.4. The molecule has 2 aliphatic heterocycles. The minimum atomic E-state index is -0.348. The van der Waals surface area contributed by atoms with Crippen molar-refractivity contribution in [3.63, 3.8) is 0 Å². The first-order chi connectivity index (χ1) is 11.4. The molecule has 3 rings (SSSR count). The highest BCUT2D eigenvalue weighted by Crippen LogP contribution is 2.36. The summed E-state index contributed by atoms with van der Waals surface area (Å²) in [7, 11) is 0. The van der Waals surface area contributed by atoms with Gasteiger partial charge in [-0.15, -0.1) is 0 Å². The van der Waals surface area contributed by atoms with Crippen LogP contribution in [0.4, 0.5) is 5.69 Å². The lowest BCUT2D eigenvalue weighted by atomic mass is 9.73. The van der Waals surface area contributed by atoms with Crippen molar-refractivity contribution in [2.24, 2.45) is 11.3 Å². The van der Waals surface area contributed by atoms with Crippen molar-refractivity contribution in [1.82, 2.24) is 4.90 Å². The molecule has 0 aliphatic carbocycles. The minimum Gasteiger partial charge on any atom is -0.391 e. The first-order valence-electron chi connectivity index (χ1n) is 9.16. The monoisotopic (exact) mass is 330 g/mol. The van der Waals surface area contributed by atoms with Gasteiger partial charge < -0.3 is 10.0 Å². The molecule has 24 heavy (non-hydrogen) atoms. The number of likely N-dealkylation sites (tertiary alicyclic amines) is 1. The van der Waals surface area contributed by atoms with Crippen LogP contribution in [-0.2, 0) is 4.79 Å². The number of β-amino-alcohol motifs (C(OH)–C–C–N with tert-alkyl or cyclic N) is 1. The summed E-state index contributed by atoms with van der Waals surface area (Å²) < 4.78 is 0. The fourth-order valence-electron chi connectivity index (χ4n) is 4.31. The lowest BCUT2D eigenvalue weighted by Gasteiger charge is -2.46. The van der Waals surface area contributed by atoms with E-state index in [0.29, 0.717) is 12.5 Å². The van der Waals surface area contributed by atoms with Gasteiger partial charge in [0.15, 0.2) is 0 Å². The molecule has 0 saturated carbocycles. The topological polar surface area (TPSA) is 43.8 Å². The Morgan fingerprint density at radius 2 is 1.79 bits per heavy atom. The molecule has 0 bridgehead atoms. The van der Waals surface area contributed by atoms with E-state index in [4.69, 9.17) is 0 Å². The molecular weight excluding hydrogens is 300 g/mol. The molecule has 0 radical (unpaired) electrons. The maximum Gasteiger partial charge on any atom is 0.244 e. The summed E-state index contributed by atoms with van der Waals surface area (Å²) in [5, 5.41) is 10.6.